The van der Waals surface area contributed by atoms with Crippen molar-refractivity contribution in [3.05, 3.63) is 60.7 Å². The van der Waals surface area contributed by atoms with Crippen molar-refractivity contribution in [2.45, 2.75) is 83.2 Å². The third kappa shape index (κ3) is 5.42. The van der Waals surface area contributed by atoms with Crippen LogP contribution in [-0.2, 0) is 18.6 Å². The van der Waals surface area contributed by atoms with Gasteiger partial charge in [0.25, 0.3) is 8.32 Å². The van der Waals surface area contributed by atoms with E-state index in [1.165, 1.54) is 10.4 Å². The van der Waals surface area contributed by atoms with Crippen LogP contribution in [0.15, 0.2) is 60.7 Å². The Bertz CT molecular complexity index is 826. The second-order valence-corrected chi connectivity index (χ2v) is 14.6. The Balaban J connectivity index is 2.01. The summed E-state index contributed by atoms with van der Waals surface area (Å²) >= 11 is 0. The van der Waals surface area contributed by atoms with Crippen LogP contribution < -0.4 is 10.4 Å². The van der Waals surface area contributed by atoms with Crippen LogP contribution in [0.1, 0.15) is 48.0 Å². The summed E-state index contributed by atoms with van der Waals surface area (Å²) in [6, 6.07) is 21.1. The fourth-order valence-electron chi connectivity index (χ4n) is 4.98. The van der Waals surface area contributed by atoms with Crippen LogP contribution in [0.3, 0.4) is 0 Å². The Labute approximate surface area is 200 Å². The molecular weight excluding hydrogens is 432 g/mol. The zero-order valence-corrected chi connectivity index (χ0v) is 22.1. The summed E-state index contributed by atoms with van der Waals surface area (Å²) in [5, 5.41) is 12.9. The molecule has 1 heterocycles. The quantitative estimate of drug-likeness (QED) is 0.562. The van der Waals surface area contributed by atoms with Gasteiger partial charge in [-0.15, -0.1) is 0 Å². The number of ether oxygens (including phenoxy) is 3. The number of hydrogen-bond donors (Lipinski definition) is 1. The van der Waals surface area contributed by atoms with Gasteiger partial charge in [-0.2, -0.15) is 0 Å². The van der Waals surface area contributed by atoms with Crippen LogP contribution in [-0.4, -0.2) is 57.3 Å². The Kier molecular flexibility index (Phi) is 8.20. The van der Waals surface area contributed by atoms with Gasteiger partial charge in [0.05, 0.1) is 12.7 Å². The Hall–Kier alpha value is -1.54. The highest BCUT2D eigenvalue weighted by Crippen LogP contribution is 2.38. The molecule has 33 heavy (non-hydrogen) atoms. The molecule has 1 N–H and O–H groups in total. The normalized spacial score (nSPS) is 22.8. The van der Waals surface area contributed by atoms with Crippen LogP contribution in [0, 0.1) is 0 Å². The van der Waals surface area contributed by atoms with Crippen LogP contribution in [0.5, 0.6) is 0 Å². The zero-order chi connectivity index (χ0) is 24.3. The fourth-order valence-corrected chi connectivity index (χ4v) is 9.55. The first-order chi connectivity index (χ1) is 15.6. The predicted molar refractivity (Wildman–Crippen MR) is 134 cm³/mol. The third-order valence-corrected chi connectivity index (χ3v) is 11.5. The molecule has 0 saturated carbocycles. The molecule has 0 amide bonds. The molecule has 0 bridgehead atoms. The second kappa shape index (κ2) is 10.4. The maximum atomic E-state index is 10.6. The molecule has 3 rings (SSSR count). The monoisotopic (exact) mass is 472 g/mol. The van der Waals surface area contributed by atoms with E-state index in [4.69, 9.17) is 18.6 Å². The number of rotatable bonds is 9. The zero-order valence-electron chi connectivity index (χ0n) is 21.1. The lowest BCUT2D eigenvalue weighted by Gasteiger charge is -2.43. The highest BCUT2D eigenvalue weighted by atomic mass is 28.4. The first-order valence-electron chi connectivity index (χ1n) is 11.9. The molecule has 182 valence electrons. The summed E-state index contributed by atoms with van der Waals surface area (Å²) in [6.45, 7) is 12.8. The summed E-state index contributed by atoms with van der Waals surface area (Å²) in [5.41, 5.74) is 0. The number of aliphatic hydroxyl groups excluding tert-OH is 1. The van der Waals surface area contributed by atoms with Crippen molar-refractivity contribution >= 4 is 18.7 Å². The number of benzene rings is 2. The van der Waals surface area contributed by atoms with Crippen LogP contribution in [0.2, 0.25) is 5.04 Å². The lowest BCUT2D eigenvalue weighted by atomic mass is 10.0. The van der Waals surface area contributed by atoms with E-state index in [2.05, 4.69) is 69.3 Å². The summed E-state index contributed by atoms with van der Waals surface area (Å²) in [5.74, 6) is -0.783. The lowest BCUT2D eigenvalue weighted by molar-refractivity contribution is -0.166. The highest BCUT2D eigenvalue weighted by Gasteiger charge is 2.53. The molecule has 1 aliphatic rings. The molecule has 0 spiro atoms. The van der Waals surface area contributed by atoms with E-state index in [1.54, 1.807) is 7.11 Å². The van der Waals surface area contributed by atoms with Gasteiger partial charge >= 0.3 is 0 Å². The van der Waals surface area contributed by atoms with Gasteiger partial charge in [0.2, 0.25) is 0 Å². The minimum absolute atomic E-state index is 0.135. The molecule has 2 aromatic carbocycles. The standard InChI is InChI=1S/C27H40O5Si/c1-8-22(28)24(29-7)25-23(31-27(5,6)32-25)19-30-33(26(2,3)4,20-15-11-9-12-16-20)21-17-13-10-14-18-21/h9-18,22-25,28H,8,19H2,1-7H3. The summed E-state index contributed by atoms with van der Waals surface area (Å²) in [6.07, 6.45) is -1.37. The molecule has 2 aromatic rings. The van der Waals surface area contributed by atoms with Crippen molar-refractivity contribution in [1.29, 1.82) is 0 Å². The van der Waals surface area contributed by atoms with E-state index < -0.39 is 32.4 Å². The van der Waals surface area contributed by atoms with Gasteiger partial charge in [-0.1, -0.05) is 88.4 Å². The molecule has 1 fully saturated rings. The molecule has 5 nitrogen and oxygen atoms in total. The van der Waals surface area contributed by atoms with Crippen molar-refractivity contribution in [2.75, 3.05) is 13.7 Å². The van der Waals surface area contributed by atoms with E-state index in [0.29, 0.717) is 13.0 Å². The molecule has 4 atom stereocenters. The van der Waals surface area contributed by atoms with E-state index in [9.17, 15) is 5.11 Å². The molecule has 4 unspecified atom stereocenters. The molecular formula is C27H40O5Si. The van der Waals surface area contributed by atoms with Crippen molar-refractivity contribution in [1.82, 2.24) is 0 Å². The smallest absolute Gasteiger partial charge is 0.261 e. The van der Waals surface area contributed by atoms with Gasteiger partial charge in [-0.25, -0.2) is 0 Å². The van der Waals surface area contributed by atoms with Crippen LogP contribution in [0.25, 0.3) is 0 Å². The average Bonchev–Trinajstić information content (AvgIpc) is 3.09. The maximum Gasteiger partial charge on any atom is 0.261 e. The number of hydrogen-bond acceptors (Lipinski definition) is 5. The average molecular weight is 473 g/mol. The molecule has 0 aliphatic carbocycles. The minimum Gasteiger partial charge on any atom is -0.405 e. The summed E-state index contributed by atoms with van der Waals surface area (Å²) < 4.78 is 25.3. The first-order valence-corrected chi connectivity index (χ1v) is 13.8. The summed E-state index contributed by atoms with van der Waals surface area (Å²) in [4.78, 5) is 0. The predicted octanol–water partition coefficient (Wildman–Crippen LogP) is 3.87. The van der Waals surface area contributed by atoms with E-state index in [-0.39, 0.29) is 11.1 Å². The molecule has 0 aromatic heterocycles. The van der Waals surface area contributed by atoms with Crippen molar-refractivity contribution in [2.24, 2.45) is 0 Å². The van der Waals surface area contributed by atoms with Gasteiger partial charge in [0, 0.05) is 7.11 Å². The van der Waals surface area contributed by atoms with Crippen LogP contribution in [0.4, 0.5) is 0 Å². The lowest BCUT2D eigenvalue weighted by Crippen LogP contribution is -2.67. The molecule has 6 heteroatoms. The van der Waals surface area contributed by atoms with Gasteiger partial charge in [0.1, 0.15) is 18.3 Å². The molecule has 1 saturated heterocycles. The van der Waals surface area contributed by atoms with Crippen molar-refractivity contribution < 1.29 is 23.7 Å². The van der Waals surface area contributed by atoms with E-state index >= 15 is 0 Å². The number of methoxy groups -OCH3 is 1. The topological polar surface area (TPSA) is 57.2 Å². The molecule has 1 aliphatic heterocycles. The Morgan fingerprint density at radius 1 is 0.970 bits per heavy atom. The second-order valence-electron chi connectivity index (χ2n) is 10.3. The minimum atomic E-state index is -2.71. The Morgan fingerprint density at radius 3 is 1.91 bits per heavy atom. The van der Waals surface area contributed by atoms with Gasteiger partial charge in [-0.3, -0.25) is 0 Å². The van der Waals surface area contributed by atoms with Crippen molar-refractivity contribution in [3.63, 3.8) is 0 Å². The summed E-state index contributed by atoms with van der Waals surface area (Å²) in [7, 11) is -1.10. The van der Waals surface area contributed by atoms with E-state index in [1.807, 2.05) is 32.9 Å². The highest BCUT2D eigenvalue weighted by molar-refractivity contribution is 6.99. The van der Waals surface area contributed by atoms with E-state index in [0.717, 1.165) is 0 Å². The van der Waals surface area contributed by atoms with Gasteiger partial charge < -0.3 is 23.7 Å². The van der Waals surface area contributed by atoms with Crippen molar-refractivity contribution in [3.8, 4) is 0 Å². The van der Waals surface area contributed by atoms with Gasteiger partial charge in [-0.05, 0) is 35.7 Å². The Morgan fingerprint density at radius 2 is 1.48 bits per heavy atom. The number of aliphatic hydroxyl groups is 1. The van der Waals surface area contributed by atoms with Crippen LogP contribution >= 0.6 is 0 Å². The maximum absolute atomic E-state index is 10.6. The SMILES string of the molecule is CCC(O)C(OC)C1OC(C)(C)OC1CO[Si](c1ccccc1)(c1ccccc1)C(C)(C)C. The third-order valence-electron chi connectivity index (χ3n) is 6.50. The van der Waals surface area contributed by atoms with Gasteiger partial charge in [0.15, 0.2) is 5.79 Å². The first kappa shape index (κ1) is 26.1. The largest absolute Gasteiger partial charge is 0.405 e. The molecule has 0 radical (unpaired) electrons. The fraction of sp³-hybridized carbons (Fsp3) is 0.556.